The third-order valence-electron chi connectivity index (χ3n) is 4.72. The lowest BCUT2D eigenvalue weighted by molar-refractivity contribution is 0.100. The molecule has 1 atom stereocenters. The number of carbonyl (C=O) groups is 2. The zero-order chi connectivity index (χ0) is 18.4. The molecule has 8 heteroatoms. The number of amides is 3. The normalized spacial score (nSPS) is 16.2. The van der Waals surface area contributed by atoms with Crippen LogP contribution in [0.4, 0.5) is 16.2 Å². The van der Waals surface area contributed by atoms with Gasteiger partial charge in [0.2, 0.25) is 0 Å². The molecule has 0 spiro atoms. The SMILES string of the molecule is C[C@@H](Nc1c(C(N)=O)cnn2cc(N3CCNC3=O)cc12)C(C)(C)C. The van der Waals surface area contributed by atoms with Crippen LogP contribution in [-0.2, 0) is 0 Å². The van der Waals surface area contributed by atoms with Crippen molar-refractivity contribution in [3.63, 3.8) is 0 Å². The van der Waals surface area contributed by atoms with Crippen LogP contribution < -0.4 is 21.3 Å². The van der Waals surface area contributed by atoms with Crippen LogP contribution in [0.2, 0.25) is 0 Å². The molecule has 1 fully saturated rings. The summed E-state index contributed by atoms with van der Waals surface area (Å²) in [6.07, 6.45) is 3.23. The summed E-state index contributed by atoms with van der Waals surface area (Å²) in [5.41, 5.74) is 7.93. The molecule has 25 heavy (non-hydrogen) atoms. The zero-order valence-electron chi connectivity index (χ0n) is 15.0. The molecule has 0 aromatic carbocycles. The Bertz CT molecular complexity index is 836. The van der Waals surface area contributed by atoms with Crippen LogP contribution in [0.15, 0.2) is 18.5 Å². The van der Waals surface area contributed by atoms with E-state index < -0.39 is 5.91 Å². The Kier molecular flexibility index (Phi) is 4.06. The second-order valence-electron chi connectivity index (χ2n) is 7.44. The minimum atomic E-state index is -0.541. The van der Waals surface area contributed by atoms with Crippen molar-refractivity contribution >= 4 is 28.8 Å². The van der Waals surface area contributed by atoms with E-state index in [0.29, 0.717) is 29.9 Å². The molecular weight excluding hydrogens is 320 g/mol. The standard InChI is InChI=1S/C17H24N6O2/c1-10(17(2,3)4)21-14-12(15(18)24)8-20-23-9-11(7-13(14)23)22-6-5-19-16(22)25/h7-10,21H,5-6H2,1-4H3,(H2,18,24)(H,19,25)/t10-/m1/s1. The number of nitrogens with two attached hydrogens (primary N) is 1. The number of aromatic nitrogens is 2. The van der Waals surface area contributed by atoms with E-state index in [0.717, 1.165) is 5.69 Å². The van der Waals surface area contributed by atoms with Gasteiger partial charge in [-0.15, -0.1) is 0 Å². The monoisotopic (exact) mass is 344 g/mol. The smallest absolute Gasteiger partial charge is 0.322 e. The first-order valence-corrected chi connectivity index (χ1v) is 8.31. The fourth-order valence-electron chi connectivity index (χ4n) is 2.68. The first-order chi connectivity index (χ1) is 11.7. The first-order valence-electron chi connectivity index (χ1n) is 8.31. The largest absolute Gasteiger partial charge is 0.380 e. The highest BCUT2D eigenvalue weighted by molar-refractivity contribution is 6.03. The number of hydrogen-bond acceptors (Lipinski definition) is 4. The number of anilines is 2. The molecule has 0 aliphatic carbocycles. The predicted octanol–water partition coefficient (Wildman–Crippen LogP) is 1.81. The van der Waals surface area contributed by atoms with Crippen molar-refractivity contribution in [1.82, 2.24) is 14.9 Å². The van der Waals surface area contributed by atoms with E-state index in [2.05, 4.69) is 43.4 Å². The van der Waals surface area contributed by atoms with Gasteiger partial charge in [-0.1, -0.05) is 20.8 Å². The van der Waals surface area contributed by atoms with Gasteiger partial charge in [0.15, 0.2) is 0 Å². The Morgan fingerprint density at radius 1 is 1.44 bits per heavy atom. The molecule has 0 radical (unpaired) electrons. The number of hydrogen-bond donors (Lipinski definition) is 3. The highest BCUT2D eigenvalue weighted by Crippen LogP contribution is 2.31. The Morgan fingerprint density at radius 3 is 2.72 bits per heavy atom. The van der Waals surface area contributed by atoms with Crippen LogP contribution >= 0.6 is 0 Å². The van der Waals surface area contributed by atoms with Gasteiger partial charge in [-0.25, -0.2) is 9.31 Å². The van der Waals surface area contributed by atoms with Crippen molar-refractivity contribution < 1.29 is 9.59 Å². The van der Waals surface area contributed by atoms with Crippen LogP contribution in [0.5, 0.6) is 0 Å². The Hall–Kier alpha value is -2.77. The van der Waals surface area contributed by atoms with Crippen molar-refractivity contribution in [2.24, 2.45) is 11.1 Å². The van der Waals surface area contributed by atoms with Gasteiger partial charge in [0.25, 0.3) is 5.91 Å². The van der Waals surface area contributed by atoms with Crippen molar-refractivity contribution in [1.29, 1.82) is 0 Å². The topological polar surface area (TPSA) is 105 Å². The number of primary amides is 1. The summed E-state index contributed by atoms with van der Waals surface area (Å²) < 4.78 is 1.66. The van der Waals surface area contributed by atoms with E-state index in [1.165, 1.54) is 6.20 Å². The van der Waals surface area contributed by atoms with Crippen molar-refractivity contribution in [3.05, 3.63) is 24.0 Å². The van der Waals surface area contributed by atoms with Crippen LogP contribution in [-0.4, -0.2) is 40.7 Å². The van der Waals surface area contributed by atoms with Crippen LogP contribution in [0.1, 0.15) is 38.1 Å². The molecule has 134 valence electrons. The predicted molar refractivity (Wildman–Crippen MR) is 97.0 cm³/mol. The van der Waals surface area contributed by atoms with E-state index in [1.54, 1.807) is 15.6 Å². The fourth-order valence-corrected chi connectivity index (χ4v) is 2.68. The van der Waals surface area contributed by atoms with E-state index in [1.807, 2.05) is 6.07 Å². The maximum atomic E-state index is 11.9. The van der Waals surface area contributed by atoms with E-state index >= 15 is 0 Å². The summed E-state index contributed by atoms with van der Waals surface area (Å²) in [5, 5.41) is 10.5. The molecule has 3 heterocycles. The zero-order valence-corrected chi connectivity index (χ0v) is 15.0. The Balaban J connectivity index is 2.10. The number of carbonyl (C=O) groups excluding carboxylic acids is 2. The minimum absolute atomic E-state index is 0.0144. The van der Waals surface area contributed by atoms with Gasteiger partial charge in [0.1, 0.15) is 0 Å². The summed E-state index contributed by atoms with van der Waals surface area (Å²) in [7, 11) is 0. The molecular formula is C17H24N6O2. The minimum Gasteiger partial charge on any atom is -0.380 e. The van der Waals surface area contributed by atoms with Gasteiger partial charge in [-0.3, -0.25) is 9.69 Å². The third-order valence-corrected chi connectivity index (χ3v) is 4.72. The molecule has 2 aromatic rings. The second-order valence-corrected chi connectivity index (χ2v) is 7.44. The van der Waals surface area contributed by atoms with Gasteiger partial charge in [-0.05, 0) is 18.4 Å². The molecule has 3 rings (SSSR count). The molecule has 1 aliphatic heterocycles. The number of fused-ring (bicyclic) bond motifs is 1. The molecule has 0 unspecified atom stereocenters. The highest BCUT2D eigenvalue weighted by Gasteiger charge is 2.26. The van der Waals surface area contributed by atoms with Gasteiger partial charge in [-0.2, -0.15) is 5.10 Å². The number of rotatable bonds is 4. The van der Waals surface area contributed by atoms with E-state index in [-0.39, 0.29) is 17.5 Å². The summed E-state index contributed by atoms with van der Waals surface area (Å²) in [6, 6.07) is 1.80. The first kappa shape index (κ1) is 17.1. The van der Waals surface area contributed by atoms with Crippen molar-refractivity contribution in [2.45, 2.75) is 33.7 Å². The molecule has 0 saturated carbocycles. The lowest BCUT2D eigenvalue weighted by atomic mass is 9.88. The maximum absolute atomic E-state index is 11.9. The average Bonchev–Trinajstić information content (AvgIpc) is 3.11. The second kappa shape index (κ2) is 5.94. The van der Waals surface area contributed by atoms with Crippen molar-refractivity contribution in [2.75, 3.05) is 23.3 Å². The van der Waals surface area contributed by atoms with Crippen molar-refractivity contribution in [3.8, 4) is 0 Å². The summed E-state index contributed by atoms with van der Waals surface area (Å²) in [5.74, 6) is -0.541. The maximum Gasteiger partial charge on any atom is 0.322 e. The average molecular weight is 344 g/mol. The number of nitrogens with zero attached hydrogens (tertiary/aromatic N) is 3. The summed E-state index contributed by atoms with van der Waals surface area (Å²) in [4.78, 5) is 25.4. The van der Waals surface area contributed by atoms with Crippen LogP contribution in [0.25, 0.3) is 5.52 Å². The van der Waals surface area contributed by atoms with Gasteiger partial charge < -0.3 is 16.4 Å². The molecule has 0 bridgehead atoms. The van der Waals surface area contributed by atoms with Gasteiger partial charge in [0, 0.05) is 19.1 Å². The molecule has 2 aromatic heterocycles. The van der Waals surface area contributed by atoms with E-state index in [9.17, 15) is 9.59 Å². The molecule has 1 saturated heterocycles. The lowest BCUT2D eigenvalue weighted by Gasteiger charge is -2.29. The van der Waals surface area contributed by atoms with Crippen LogP contribution in [0.3, 0.4) is 0 Å². The lowest BCUT2D eigenvalue weighted by Crippen LogP contribution is -2.32. The number of urea groups is 1. The molecule has 8 nitrogen and oxygen atoms in total. The Labute approximate surface area is 146 Å². The summed E-state index contributed by atoms with van der Waals surface area (Å²) in [6.45, 7) is 9.61. The Morgan fingerprint density at radius 2 is 2.16 bits per heavy atom. The summed E-state index contributed by atoms with van der Waals surface area (Å²) >= 11 is 0. The van der Waals surface area contributed by atoms with E-state index in [4.69, 9.17) is 5.73 Å². The molecule has 3 amide bonds. The van der Waals surface area contributed by atoms with Gasteiger partial charge >= 0.3 is 6.03 Å². The fraction of sp³-hybridized carbons (Fsp3) is 0.471. The molecule has 1 aliphatic rings. The van der Waals surface area contributed by atoms with Crippen LogP contribution in [0, 0.1) is 5.41 Å². The molecule has 4 N–H and O–H groups in total. The van der Waals surface area contributed by atoms with Gasteiger partial charge in [0.05, 0.1) is 34.8 Å². The highest BCUT2D eigenvalue weighted by atomic mass is 16.2. The third kappa shape index (κ3) is 3.11. The number of nitrogens with one attached hydrogen (secondary N) is 2. The quantitative estimate of drug-likeness (QED) is 0.786.